The molecule has 0 fully saturated rings. The van der Waals surface area contributed by atoms with Gasteiger partial charge in [-0.2, -0.15) is 0 Å². The second-order valence-corrected chi connectivity index (χ2v) is 4.33. The van der Waals surface area contributed by atoms with Gasteiger partial charge >= 0.3 is 5.97 Å². The number of ether oxygens (including phenoxy) is 1. The third kappa shape index (κ3) is 4.77. The molecule has 0 spiro atoms. The molecule has 0 heterocycles. The van der Waals surface area contributed by atoms with E-state index in [1.807, 2.05) is 0 Å². The number of aliphatic hydroxyl groups excluding tert-OH is 1. The van der Waals surface area contributed by atoms with E-state index in [2.05, 4.69) is 11.7 Å². The second-order valence-electron chi connectivity index (χ2n) is 4.33. The van der Waals surface area contributed by atoms with E-state index in [1.165, 1.54) is 0 Å². The summed E-state index contributed by atoms with van der Waals surface area (Å²) in [7, 11) is 0. The van der Waals surface area contributed by atoms with Crippen molar-refractivity contribution in [1.82, 2.24) is 0 Å². The van der Waals surface area contributed by atoms with Gasteiger partial charge in [-0.1, -0.05) is 12.2 Å². The van der Waals surface area contributed by atoms with E-state index in [4.69, 9.17) is 4.74 Å². The maximum absolute atomic E-state index is 11.5. The lowest BCUT2D eigenvalue weighted by atomic mass is 9.97. The molecule has 0 saturated heterocycles. The van der Waals surface area contributed by atoms with Crippen LogP contribution in [0.2, 0.25) is 0 Å². The first-order valence-electron chi connectivity index (χ1n) is 5.01. The molecule has 0 bridgehead atoms. The predicted octanol–water partition coefficient (Wildman–Crippen LogP) is 2.62. The van der Waals surface area contributed by atoms with Crippen molar-refractivity contribution in [3.63, 3.8) is 0 Å². The number of hydrogen-bond donors (Lipinski definition) is 1. The minimum Gasteiger partial charge on any atom is -0.493 e. The van der Waals surface area contributed by atoms with Gasteiger partial charge in [-0.25, -0.2) is 4.99 Å². The molecule has 0 unspecified atom stereocenters. The van der Waals surface area contributed by atoms with Gasteiger partial charge < -0.3 is 9.84 Å². The molecule has 16 heavy (non-hydrogen) atoms. The van der Waals surface area contributed by atoms with Crippen LogP contribution in [0.1, 0.15) is 27.7 Å². The van der Waals surface area contributed by atoms with Crippen molar-refractivity contribution in [2.75, 3.05) is 6.61 Å². The number of nitrogens with zero attached hydrogens (tertiary/aromatic N) is 1. The highest BCUT2D eigenvalue weighted by atomic mass is 16.5. The van der Waals surface area contributed by atoms with Crippen molar-refractivity contribution in [1.29, 1.82) is 0 Å². The summed E-state index contributed by atoms with van der Waals surface area (Å²) in [6.07, 6.45) is 3.35. The van der Waals surface area contributed by atoms with Gasteiger partial charge in [0, 0.05) is 0 Å². The van der Waals surface area contributed by atoms with Crippen molar-refractivity contribution >= 4 is 12.7 Å². The van der Waals surface area contributed by atoms with E-state index in [0.29, 0.717) is 5.57 Å². The molecule has 90 valence electrons. The maximum Gasteiger partial charge on any atom is 0.311 e. The number of carbonyl (C=O) groups is 1. The van der Waals surface area contributed by atoms with Crippen LogP contribution in [0.4, 0.5) is 0 Å². The Morgan fingerprint density at radius 2 is 2.06 bits per heavy atom. The molecule has 4 nitrogen and oxygen atoms in total. The lowest BCUT2D eigenvalue weighted by Gasteiger charge is -2.16. The summed E-state index contributed by atoms with van der Waals surface area (Å²) >= 11 is 0. The summed E-state index contributed by atoms with van der Waals surface area (Å²) in [5.74, 6) is -0.550. The van der Waals surface area contributed by atoms with E-state index in [-0.39, 0.29) is 18.5 Å². The highest BCUT2D eigenvalue weighted by Crippen LogP contribution is 2.16. The van der Waals surface area contributed by atoms with Crippen molar-refractivity contribution in [2.24, 2.45) is 10.4 Å². The van der Waals surface area contributed by atoms with Crippen LogP contribution in [0, 0.1) is 5.41 Å². The maximum atomic E-state index is 11.5. The van der Waals surface area contributed by atoms with Crippen LogP contribution in [-0.4, -0.2) is 24.4 Å². The Morgan fingerprint density at radius 1 is 1.50 bits per heavy atom. The van der Waals surface area contributed by atoms with Crippen LogP contribution in [0.25, 0.3) is 0 Å². The van der Waals surface area contributed by atoms with Crippen LogP contribution in [0.3, 0.4) is 0 Å². The van der Waals surface area contributed by atoms with Gasteiger partial charge in [-0.15, -0.1) is 0 Å². The fraction of sp³-hybridized carbons (Fsp3) is 0.500. The zero-order valence-electron chi connectivity index (χ0n) is 10.3. The molecule has 4 heteroatoms. The Balaban J connectivity index is 4.59. The summed E-state index contributed by atoms with van der Waals surface area (Å²) in [4.78, 5) is 14.9. The van der Waals surface area contributed by atoms with Crippen LogP contribution in [-0.2, 0) is 9.53 Å². The van der Waals surface area contributed by atoms with E-state index in [9.17, 15) is 9.90 Å². The molecule has 0 aromatic heterocycles. The summed E-state index contributed by atoms with van der Waals surface area (Å²) < 4.78 is 5.05. The predicted molar refractivity (Wildman–Crippen MR) is 64.4 cm³/mol. The number of esters is 1. The Labute approximate surface area is 96.3 Å². The molecule has 0 aromatic carbocycles. The van der Waals surface area contributed by atoms with Gasteiger partial charge in [-0.05, 0) is 34.4 Å². The molecule has 0 amide bonds. The normalized spacial score (nSPS) is 13.5. The molecule has 0 atom stereocenters. The van der Waals surface area contributed by atoms with Gasteiger partial charge in [0.05, 0.1) is 11.0 Å². The molecule has 0 aliphatic heterocycles. The Bertz CT molecular complexity index is 322. The molecule has 0 aromatic rings. The van der Waals surface area contributed by atoms with Gasteiger partial charge in [-0.3, -0.25) is 4.79 Å². The van der Waals surface area contributed by atoms with Gasteiger partial charge in [0.1, 0.15) is 6.61 Å². The minimum atomic E-state index is -0.557. The van der Waals surface area contributed by atoms with Crippen LogP contribution < -0.4 is 0 Å². The number of hydrogen-bond acceptors (Lipinski definition) is 4. The number of aliphatic imine (C=N–C) groups is 1. The van der Waals surface area contributed by atoms with Crippen molar-refractivity contribution in [3.05, 3.63) is 23.6 Å². The highest BCUT2D eigenvalue weighted by molar-refractivity contribution is 5.75. The molecule has 1 N–H and O–H groups in total. The number of aliphatic hydroxyl groups is 1. The van der Waals surface area contributed by atoms with E-state index < -0.39 is 5.41 Å². The summed E-state index contributed by atoms with van der Waals surface area (Å²) in [5, 5.41) is 9.37. The van der Waals surface area contributed by atoms with Crippen molar-refractivity contribution in [3.8, 4) is 0 Å². The SMILES string of the molecule is C=N/C(O)=C(\C=C/C)COC(=O)C(C)(C)C. The van der Waals surface area contributed by atoms with Crippen molar-refractivity contribution < 1.29 is 14.6 Å². The first-order valence-corrected chi connectivity index (χ1v) is 5.01. The lowest BCUT2D eigenvalue weighted by Crippen LogP contribution is -2.23. The topological polar surface area (TPSA) is 58.9 Å². The van der Waals surface area contributed by atoms with Gasteiger partial charge in [0.25, 0.3) is 0 Å². The fourth-order valence-corrected chi connectivity index (χ4v) is 0.850. The zero-order valence-corrected chi connectivity index (χ0v) is 10.3. The summed E-state index contributed by atoms with van der Waals surface area (Å²) in [6.45, 7) is 10.3. The van der Waals surface area contributed by atoms with E-state index in [1.54, 1.807) is 39.8 Å². The summed E-state index contributed by atoms with van der Waals surface area (Å²) in [5.41, 5.74) is -0.131. The first-order chi connectivity index (χ1) is 7.32. The number of allylic oxidation sites excluding steroid dienone is 1. The third-order valence-electron chi connectivity index (χ3n) is 1.78. The smallest absolute Gasteiger partial charge is 0.311 e. The second kappa shape index (κ2) is 6.10. The third-order valence-corrected chi connectivity index (χ3v) is 1.78. The standard InChI is InChI=1S/C12H19NO3/c1-6-7-9(10(14)13-5)8-16-11(15)12(2,3)4/h6-7,14H,5,8H2,1-4H3/b7-6-,10-9-. The molecule has 0 aliphatic carbocycles. The van der Waals surface area contributed by atoms with Crippen molar-refractivity contribution in [2.45, 2.75) is 27.7 Å². The average Bonchev–Trinajstić information content (AvgIpc) is 2.21. The average molecular weight is 225 g/mol. The van der Waals surface area contributed by atoms with Gasteiger partial charge in [0.2, 0.25) is 5.88 Å². The Kier molecular flexibility index (Phi) is 5.50. The molecule has 0 rings (SSSR count). The van der Waals surface area contributed by atoms with Crippen LogP contribution >= 0.6 is 0 Å². The van der Waals surface area contributed by atoms with E-state index in [0.717, 1.165) is 0 Å². The molecule has 0 aliphatic rings. The lowest BCUT2D eigenvalue weighted by molar-refractivity contribution is -0.151. The Hall–Kier alpha value is -1.58. The zero-order chi connectivity index (χ0) is 12.8. The van der Waals surface area contributed by atoms with Gasteiger partial charge in [0.15, 0.2) is 0 Å². The molecular formula is C12H19NO3. The fourth-order valence-electron chi connectivity index (χ4n) is 0.850. The first kappa shape index (κ1) is 14.4. The minimum absolute atomic E-state index is 0.00863. The Morgan fingerprint density at radius 3 is 2.44 bits per heavy atom. The van der Waals surface area contributed by atoms with E-state index >= 15 is 0 Å². The molecular weight excluding hydrogens is 206 g/mol. The summed E-state index contributed by atoms with van der Waals surface area (Å²) in [6, 6.07) is 0. The molecule has 0 radical (unpaired) electrons. The monoisotopic (exact) mass is 225 g/mol. The molecule has 0 saturated carbocycles. The quantitative estimate of drug-likeness (QED) is 0.346. The largest absolute Gasteiger partial charge is 0.493 e. The highest BCUT2D eigenvalue weighted by Gasteiger charge is 2.23. The van der Waals surface area contributed by atoms with Crippen LogP contribution in [0.5, 0.6) is 0 Å². The number of rotatable bonds is 4. The number of carbonyl (C=O) groups excluding carboxylic acids is 1. The van der Waals surface area contributed by atoms with Crippen LogP contribution in [0.15, 0.2) is 28.6 Å².